The molecule has 28 heavy (non-hydrogen) atoms. The van der Waals surface area contributed by atoms with Gasteiger partial charge in [0.15, 0.2) is 11.8 Å². The molecule has 0 N–H and O–H groups in total. The first-order valence-electron chi connectivity index (χ1n) is 7.96. The lowest BCUT2D eigenvalue weighted by molar-refractivity contribution is -0.140. The number of ether oxygens (including phenoxy) is 2. The summed E-state index contributed by atoms with van der Waals surface area (Å²) in [6.45, 7) is 1.52. The van der Waals surface area contributed by atoms with Crippen LogP contribution in [0.2, 0.25) is 0 Å². The van der Waals surface area contributed by atoms with Crippen molar-refractivity contribution in [2.75, 3.05) is 7.11 Å². The molecule has 3 aromatic rings. The number of nitriles is 1. The molecule has 3 rings (SSSR count). The lowest BCUT2D eigenvalue weighted by Crippen LogP contribution is -2.24. The standard InChI is InChI=1S/C18H13F3N4O3/c1-10(9-22)28-12-5-3-11(4-6-12)14-15(18(19,20)21)24-17-23-13(27-2)7-8-25(17)16(14)26/h3-8,10H,1-2H3/t10-/m1/s1. The van der Waals surface area contributed by atoms with Crippen molar-refractivity contribution >= 4 is 5.78 Å². The van der Waals surface area contributed by atoms with Crippen molar-refractivity contribution in [3.63, 3.8) is 0 Å². The van der Waals surface area contributed by atoms with Crippen molar-refractivity contribution in [3.8, 4) is 28.8 Å². The number of fused-ring (bicyclic) bond motifs is 1. The molecule has 2 heterocycles. The molecule has 0 unspecified atom stereocenters. The summed E-state index contributed by atoms with van der Waals surface area (Å²) >= 11 is 0. The van der Waals surface area contributed by atoms with E-state index in [9.17, 15) is 18.0 Å². The molecule has 0 bridgehead atoms. The number of halogens is 3. The Morgan fingerprint density at radius 1 is 1.18 bits per heavy atom. The van der Waals surface area contributed by atoms with E-state index in [1.807, 2.05) is 6.07 Å². The van der Waals surface area contributed by atoms with E-state index in [0.29, 0.717) is 0 Å². The van der Waals surface area contributed by atoms with Gasteiger partial charge in [0.25, 0.3) is 5.56 Å². The molecule has 10 heteroatoms. The minimum atomic E-state index is -4.88. The van der Waals surface area contributed by atoms with Gasteiger partial charge in [-0.25, -0.2) is 4.98 Å². The molecule has 0 amide bonds. The number of hydrogen-bond acceptors (Lipinski definition) is 6. The molecule has 1 atom stereocenters. The minimum Gasteiger partial charge on any atom is -0.481 e. The van der Waals surface area contributed by atoms with Crippen molar-refractivity contribution in [3.05, 3.63) is 52.6 Å². The van der Waals surface area contributed by atoms with Crippen LogP contribution in [0.3, 0.4) is 0 Å². The summed E-state index contributed by atoms with van der Waals surface area (Å²) in [5.74, 6) is -0.115. The predicted octanol–water partition coefficient (Wildman–Crippen LogP) is 3.07. The zero-order chi connectivity index (χ0) is 20.5. The summed E-state index contributed by atoms with van der Waals surface area (Å²) < 4.78 is 51.8. The number of rotatable bonds is 4. The van der Waals surface area contributed by atoms with Crippen LogP contribution in [0.5, 0.6) is 11.6 Å². The summed E-state index contributed by atoms with van der Waals surface area (Å²) in [6.07, 6.45) is -4.37. The average molecular weight is 390 g/mol. The minimum absolute atomic E-state index is 0.00648. The second-order valence-corrected chi connectivity index (χ2v) is 5.69. The largest absolute Gasteiger partial charge is 0.481 e. The van der Waals surface area contributed by atoms with Crippen LogP contribution >= 0.6 is 0 Å². The van der Waals surface area contributed by atoms with Crippen LogP contribution in [-0.4, -0.2) is 27.6 Å². The van der Waals surface area contributed by atoms with Gasteiger partial charge >= 0.3 is 6.18 Å². The molecule has 7 nitrogen and oxygen atoms in total. The van der Waals surface area contributed by atoms with Gasteiger partial charge in [-0.3, -0.25) is 9.20 Å². The maximum Gasteiger partial charge on any atom is 0.434 e. The van der Waals surface area contributed by atoms with Crippen LogP contribution in [0.1, 0.15) is 12.6 Å². The first-order valence-corrected chi connectivity index (χ1v) is 7.96. The molecule has 0 aliphatic carbocycles. The van der Waals surface area contributed by atoms with Gasteiger partial charge < -0.3 is 9.47 Å². The third kappa shape index (κ3) is 3.59. The first-order chi connectivity index (χ1) is 13.2. The Morgan fingerprint density at radius 2 is 1.86 bits per heavy atom. The molecule has 0 aliphatic rings. The molecule has 144 valence electrons. The summed E-state index contributed by atoms with van der Waals surface area (Å²) in [4.78, 5) is 20.1. The zero-order valence-corrected chi connectivity index (χ0v) is 14.7. The van der Waals surface area contributed by atoms with Crippen LogP contribution in [0.25, 0.3) is 16.9 Å². The fourth-order valence-electron chi connectivity index (χ4n) is 2.52. The number of benzene rings is 1. The second kappa shape index (κ2) is 7.19. The third-order valence-electron chi connectivity index (χ3n) is 3.79. The van der Waals surface area contributed by atoms with E-state index in [1.165, 1.54) is 50.6 Å². The highest BCUT2D eigenvalue weighted by Crippen LogP contribution is 2.34. The van der Waals surface area contributed by atoms with Gasteiger partial charge in [-0.05, 0) is 24.6 Å². The normalized spacial score (nSPS) is 12.4. The van der Waals surface area contributed by atoms with Gasteiger partial charge in [0.05, 0.1) is 12.7 Å². The van der Waals surface area contributed by atoms with E-state index >= 15 is 0 Å². The zero-order valence-electron chi connectivity index (χ0n) is 14.7. The van der Waals surface area contributed by atoms with Gasteiger partial charge in [0, 0.05) is 12.3 Å². The molecule has 1 aromatic carbocycles. The van der Waals surface area contributed by atoms with Crippen LogP contribution in [0, 0.1) is 11.3 Å². The van der Waals surface area contributed by atoms with Crippen molar-refractivity contribution in [1.29, 1.82) is 5.26 Å². The van der Waals surface area contributed by atoms with Crippen molar-refractivity contribution < 1.29 is 22.6 Å². The van der Waals surface area contributed by atoms with Crippen molar-refractivity contribution in [2.45, 2.75) is 19.2 Å². The maximum atomic E-state index is 13.6. The summed E-state index contributed by atoms with van der Waals surface area (Å²) in [5.41, 5.74) is -2.88. The Hall–Kier alpha value is -3.61. The predicted molar refractivity (Wildman–Crippen MR) is 92.0 cm³/mol. The SMILES string of the molecule is COc1ccn2c(=O)c(-c3ccc(O[C@H](C)C#N)cc3)c(C(F)(F)F)nc2n1. The number of aromatic nitrogens is 3. The number of hydrogen-bond donors (Lipinski definition) is 0. The lowest BCUT2D eigenvalue weighted by Gasteiger charge is -2.14. The molecule has 0 saturated heterocycles. The number of methoxy groups -OCH3 is 1. The van der Waals surface area contributed by atoms with E-state index in [0.717, 1.165) is 4.40 Å². The summed E-state index contributed by atoms with van der Waals surface area (Å²) in [5, 5.41) is 8.76. The van der Waals surface area contributed by atoms with Crippen molar-refractivity contribution in [1.82, 2.24) is 14.4 Å². The highest BCUT2D eigenvalue weighted by Gasteiger charge is 2.38. The van der Waals surface area contributed by atoms with Gasteiger partial charge in [-0.1, -0.05) is 12.1 Å². The van der Waals surface area contributed by atoms with Crippen LogP contribution in [0.15, 0.2) is 41.3 Å². The Labute approximate surface area is 156 Å². The first kappa shape index (κ1) is 19.2. The topological polar surface area (TPSA) is 89.5 Å². The molecule has 0 saturated carbocycles. The Balaban J connectivity index is 2.20. The lowest BCUT2D eigenvalue weighted by atomic mass is 10.0. The van der Waals surface area contributed by atoms with E-state index < -0.39 is 34.9 Å². The van der Waals surface area contributed by atoms with Gasteiger partial charge in [-0.2, -0.15) is 23.4 Å². The number of alkyl halides is 3. The molecule has 0 fully saturated rings. The van der Waals surface area contributed by atoms with Gasteiger partial charge in [0.2, 0.25) is 11.7 Å². The molecular weight excluding hydrogens is 377 g/mol. The van der Waals surface area contributed by atoms with E-state index in [2.05, 4.69) is 9.97 Å². The monoisotopic (exact) mass is 390 g/mol. The molecule has 0 spiro atoms. The second-order valence-electron chi connectivity index (χ2n) is 5.69. The quantitative estimate of drug-likeness (QED) is 0.680. The van der Waals surface area contributed by atoms with Crippen LogP contribution < -0.4 is 15.0 Å². The number of nitrogens with zero attached hydrogens (tertiary/aromatic N) is 4. The van der Waals surface area contributed by atoms with Crippen LogP contribution in [0.4, 0.5) is 13.2 Å². The molecular formula is C18H13F3N4O3. The van der Waals surface area contributed by atoms with E-state index in [4.69, 9.17) is 14.7 Å². The van der Waals surface area contributed by atoms with Gasteiger partial charge in [-0.15, -0.1) is 0 Å². The Morgan fingerprint density at radius 3 is 2.43 bits per heavy atom. The average Bonchev–Trinajstić information content (AvgIpc) is 2.67. The smallest absolute Gasteiger partial charge is 0.434 e. The maximum absolute atomic E-state index is 13.6. The van der Waals surface area contributed by atoms with Crippen LogP contribution in [-0.2, 0) is 6.18 Å². The molecule has 2 aromatic heterocycles. The van der Waals surface area contributed by atoms with E-state index in [-0.39, 0.29) is 17.2 Å². The molecule has 0 radical (unpaired) electrons. The highest BCUT2D eigenvalue weighted by molar-refractivity contribution is 5.67. The Bertz CT molecular complexity index is 1120. The van der Waals surface area contributed by atoms with E-state index in [1.54, 1.807) is 0 Å². The van der Waals surface area contributed by atoms with Gasteiger partial charge in [0.1, 0.15) is 11.8 Å². The fraction of sp³-hybridized carbons (Fsp3) is 0.222. The summed E-state index contributed by atoms with van der Waals surface area (Å²) in [7, 11) is 1.30. The summed E-state index contributed by atoms with van der Waals surface area (Å²) in [6, 6.07) is 8.58. The molecule has 0 aliphatic heterocycles. The van der Waals surface area contributed by atoms with Crippen molar-refractivity contribution in [2.24, 2.45) is 0 Å². The Kier molecular flexibility index (Phi) is 4.92. The highest BCUT2D eigenvalue weighted by atomic mass is 19.4. The third-order valence-corrected chi connectivity index (χ3v) is 3.79. The fourth-order valence-corrected chi connectivity index (χ4v) is 2.52.